The van der Waals surface area contributed by atoms with Crippen molar-refractivity contribution >= 4 is 15.9 Å². The van der Waals surface area contributed by atoms with E-state index < -0.39 is 6.04 Å². The van der Waals surface area contributed by atoms with E-state index in [0.29, 0.717) is 28.2 Å². The molecule has 0 spiro atoms. The summed E-state index contributed by atoms with van der Waals surface area (Å²) in [4.78, 5) is 11.1. The fourth-order valence-electron chi connectivity index (χ4n) is 1.86. The van der Waals surface area contributed by atoms with Crippen molar-refractivity contribution in [2.24, 2.45) is 5.73 Å². The van der Waals surface area contributed by atoms with Gasteiger partial charge < -0.3 is 15.2 Å². The Morgan fingerprint density at radius 2 is 2.29 bits per heavy atom. The first-order valence-corrected chi connectivity index (χ1v) is 6.94. The second-order valence-corrected chi connectivity index (χ2v) is 5.33. The van der Waals surface area contributed by atoms with E-state index in [1.54, 1.807) is 24.7 Å². The quantitative estimate of drug-likeness (QED) is 0.753. The molecule has 2 aromatic heterocycles. The summed E-state index contributed by atoms with van der Waals surface area (Å²) >= 11 is 3.12. The van der Waals surface area contributed by atoms with Gasteiger partial charge in [0.15, 0.2) is 0 Å². The molecule has 0 amide bonds. The highest BCUT2D eigenvalue weighted by atomic mass is 79.9. The SMILES string of the molecule is N[C@@H](Cc1cnc[nH]1)c1nc(-c2ccc(F)c(Br)c2)no1. The van der Waals surface area contributed by atoms with Gasteiger partial charge in [0.2, 0.25) is 11.7 Å². The minimum absolute atomic E-state index is 0.319. The lowest BCUT2D eigenvalue weighted by atomic mass is 10.2. The lowest BCUT2D eigenvalue weighted by Gasteiger charge is -2.03. The number of benzene rings is 1. The molecule has 3 rings (SSSR count). The molecule has 3 aromatic rings. The summed E-state index contributed by atoms with van der Waals surface area (Å²) in [5.74, 6) is 0.337. The van der Waals surface area contributed by atoms with Crippen LogP contribution in [0.3, 0.4) is 0 Å². The molecule has 0 saturated carbocycles. The van der Waals surface area contributed by atoms with Gasteiger partial charge in [-0.25, -0.2) is 9.37 Å². The molecule has 2 heterocycles. The molecule has 0 aliphatic heterocycles. The van der Waals surface area contributed by atoms with Crippen LogP contribution in [-0.2, 0) is 6.42 Å². The molecule has 6 nitrogen and oxygen atoms in total. The Labute approximate surface area is 127 Å². The number of nitrogens with one attached hydrogen (secondary N) is 1. The maximum absolute atomic E-state index is 13.2. The summed E-state index contributed by atoms with van der Waals surface area (Å²) < 4.78 is 18.7. The average molecular weight is 352 g/mol. The molecule has 0 radical (unpaired) electrons. The van der Waals surface area contributed by atoms with Crippen LogP contribution in [0, 0.1) is 5.82 Å². The molecule has 0 saturated heterocycles. The van der Waals surface area contributed by atoms with E-state index in [2.05, 4.69) is 36.0 Å². The summed E-state index contributed by atoms with van der Waals surface area (Å²) in [6.07, 6.45) is 3.78. The maximum Gasteiger partial charge on any atom is 0.244 e. The molecular weight excluding hydrogens is 341 g/mol. The number of H-pyrrole nitrogens is 1. The Hall–Kier alpha value is -2.06. The van der Waals surface area contributed by atoms with Crippen LogP contribution < -0.4 is 5.73 Å². The molecule has 3 N–H and O–H groups in total. The van der Waals surface area contributed by atoms with E-state index in [9.17, 15) is 4.39 Å². The standard InChI is InChI=1S/C13H11BrFN5O/c14-9-3-7(1-2-10(9)15)12-19-13(21-20-12)11(16)4-8-5-17-6-18-8/h1-3,5-6,11H,4,16H2,(H,17,18)/t11-/m0/s1. The summed E-state index contributed by atoms with van der Waals surface area (Å²) in [5.41, 5.74) is 7.55. The highest BCUT2D eigenvalue weighted by molar-refractivity contribution is 9.10. The van der Waals surface area contributed by atoms with Crippen LogP contribution >= 0.6 is 15.9 Å². The van der Waals surface area contributed by atoms with Crippen LogP contribution in [-0.4, -0.2) is 20.1 Å². The molecular formula is C13H11BrFN5O. The van der Waals surface area contributed by atoms with Gasteiger partial charge in [-0.3, -0.25) is 0 Å². The van der Waals surface area contributed by atoms with E-state index in [0.717, 1.165) is 5.69 Å². The van der Waals surface area contributed by atoms with Gasteiger partial charge in [0.05, 0.1) is 16.8 Å². The maximum atomic E-state index is 13.2. The molecule has 1 aromatic carbocycles. The first kappa shape index (κ1) is 13.9. The Morgan fingerprint density at radius 3 is 3.00 bits per heavy atom. The average Bonchev–Trinajstić information content (AvgIpc) is 3.12. The Balaban J connectivity index is 1.80. The fourth-order valence-corrected chi connectivity index (χ4v) is 2.24. The van der Waals surface area contributed by atoms with Crippen molar-refractivity contribution in [1.29, 1.82) is 0 Å². The van der Waals surface area contributed by atoms with Gasteiger partial charge in [-0.2, -0.15) is 4.98 Å². The van der Waals surface area contributed by atoms with Crippen molar-refractivity contribution in [2.45, 2.75) is 12.5 Å². The number of imidazole rings is 1. The molecule has 0 aliphatic carbocycles. The predicted octanol–water partition coefficient (Wildman–Crippen LogP) is 2.60. The van der Waals surface area contributed by atoms with Crippen molar-refractivity contribution in [3.05, 3.63) is 52.6 Å². The minimum Gasteiger partial charge on any atom is -0.348 e. The van der Waals surface area contributed by atoms with E-state index in [1.807, 2.05) is 0 Å². The van der Waals surface area contributed by atoms with Crippen molar-refractivity contribution in [1.82, 2.24) is 20.1 Å². The van der Waals surface area contributed by atoms with Gasteiger partial charge in [-0.15, -0.1) is 0 Å². The third-order valence-corrected chi connectivity index (χ3v) is 3.54. The van der Waals surface area contributed by atoms with Crippen molar-refractivity contribution in [3.63, 3.8) is 0 Å². The zero-order chi connectivity index (χ0) is 14.8. The van der Waals surface area contributed by atoms with E-state index in [4.69, 9.17) is 10.3 Å². The highest BCUT2D eigenvalue weighted by Crippen LogP contribution is 2.24. The first-order chi connectivity index (χ1) is 10.1. The second kappa shape index (κ2) is 5.74. The molecule has 8 heteroatoms. The number of rotatable bonds is 4. The number of nitrogens with zero attached hydrogens (tertiary/aromatic N) is 3. The number of hydrogen-bond donors (Lipinski definition) is 2. The number of halogens is 2. The van der Waals surface area contributed by atoms with E-state index in [1.165, 1.54) is 6.07 Å². The molecule has 0 bridgehead atoms. The van der Waals surface area contributed by atoms with Gasteiger partial charge in [0.1, 0.15) is 5.82 Å². The van der Waals surface area contributed by atoms with Gasteiger partial charge in [0.25, 0.3) is 0 Å². The van der Waals surface area contributed by atoms with Gasteiger partial charge >= 0.3 is 0 Å². The predicted molar refractivity (Wildman–Crippen MR) is 76.6 cm³/mol. The van der Waals surface area contributed by atoms with Crippen LogP contribution in [0.25, 0.3) is 11.4 Å². The van der Waals surface area contributed by atoms with Gasteiger partial charge in [-0.05, 0) is 34.1 Å². The largest absolute Gasteiger partial charge is 0.348 e. The van der Waals surface area contributed by atoms with Gasteiger partial charge in [-0.1, -0.05) is 5.16 Å². The monoisotopic (exact) mass is 351 g/mol. The zero-order valence-corrected chi connectivity index (χ0v) is 12.3. The van der Waals surface area contributed by atoms with Crippen LogP contribution in [0.15, 0.2) is 39.7 Å². The number of hydrogen-bond acceptors (Lipinski definition) is 5. The molecule has 108 valence electrons. The number of aromatic nitrogens is 4. The molecule has 0 fully saturated rings. The lowest BCUT2D eigenvalue weighted by Crippen LogP contribution is -2.13. The second-order valence-electron chi connectivity index (χ2n) is 4.47. The minimum atomic E-state index is -0.435. The number of aromatic amines is 1. The number of nitrogens with two attached hydrogens (primary N) is 1. The van der Waals surface area contributed by atoms with Crippen LogP contribution in [0.5, 0.6) is 0 Å². The summed E-state index contributed by atoms with van der Waals surface area (Å²) in [7, 11) is 0. The zero-order valence-electron chi connectivity index (χ0n) is 10.8. The molecule has 21 heavy (non-hydrogen) atoms. The summed E-state index contributed by atoms with van der Waals surface area (Å²) in [5, 5.41) is 3.87. The van der Waals surface area contributed by atoms with E-state index >= 15 is 0 Å². The highest BCUT2D eigenvalue weighted by Gasteiger charge is 2.17. The first-order valence-electron chi connectivity index (χ1n) is 6.15. The Morgan fingerprint density at radius 1 is 1.43 bits per heavy atom. The van der Waals surface area contributed by atoms with Crippen molar-refractivity contribution in [2.75, 3.05) is 0 Å². The fraction of sp³-hybridized carbons (Fsp3) is 0.154. The third kappa shape index (κ3) is 3.01. The molecule has 1 atom stereocenters. The molecule has 0 unspecified atom stereocenters. The topological polar surface area (TPSA) is 93.6 Å². The lowest BCUT2D eigenvalue weighted by molar-refractivity contribution is 0.354. The summed E-state index contributed by atoms with van der Waals surface area (Å²) in [6.45, 7) is 0. The molecule has 0 aliphatic rings. The van der Waals surface area contributed by atoms with Crippen molar-refractivity contribution < 1.29 is 8.91 Å². The smallest absolute Gasteiger partial charge is 0.244 e. The third-order valence-electron chi connectivity index (χ3n) is 2.93. The normalized spacial score (nSPS) is 12.5. The summed E-state index contributed by atoms with van der Waals surface area (Å²) in [6, 6.07) is 4.06. The van der Waals surface area contributed by atoms with Crippen molar-refractivity contribution in [3.8, 4) is 11.4 Å². The van der Waals surface area contributed by atoms with Crippen LogP contribution in [0.2, 0.25) is 0 Å². The Bertz CT molecular complexity index is 743. The van der Waals surface area contributed by atoms with Gasteiger partial charge in [0, 0.05) is 23.9 Å². The van der Waals surface area contributed by atoms with Crippen LogP contribution in [0.4, 0.5) is 4.39 Å². The van der Waals surface area contributed by atoms with E-state index in [-0.39, 0.29) is 5.82 Å². The Kier molecular flexibility index (Phi) is 3.80. The van der Waals surface area contributed by atoms with Crippen LogP contribution in [0.1, 0.15) is 17.6 Å².